The van der Waals surface area contributed by atoms with E-state index in [4.69, 9.17) is 0 Å². The Bertz CT molecular complexity index is 805. The van der Waals surface area contributed by atoms with E-state index >= 15 is 0 Å². The second-order valence-electron chi connectivity index (χ2n) is 7.19. The van der Waals surface area contributed by atoms with Crippen LogP contribution in [-0.4, -0.2) is 65.1 Å². The van der Waals surface area contributed by atoms with E-state index in [2.05, 4.69) is 54.7 Å². The van der Waals surface area contributed by atoms with Gasteiger partial charge in [-0.15, -0.1) is 0 Å². The van der Waals surface area contributed by atoms with Crippen LogP contribution in [0.2, 0.25) is 0 Å². The Labute approximate surface area is 163 Å². The van der Waals surface area contributed by atoms with Crippen molar-refractivity contribution in [1.29, 1.82) is 0 Å². The molecule has 9 heteroatoms. The summed E-state index contributed by atoms with van der Waals surface area (Å²) in [5, 5.41) is 17.5. The van der Waals surface area contributed by atoms with Gasteiger partial charge in [0.1, 0.15) is 6.20 Å². The van der Waals surface area contributed by atoms with Gasteiger partial charge in [0.05, 0.1) is 4.92 Å². The number of nitrogens with one attached hydrogen (secondary N) is 2. The van der Waals surface area contributed by atoms with Crippen LogP contribution in [0.3, 0.4) is 0 Å². The fourth-order valence-electron chi connectivity index (χ4n) is 3.32. The van der Waals surface area contributed by atoms with Gasteiger partial charge in [0.15, 0.2) is 0 Å². The van der Waals surface area contributed by atoms with Gasteiger partial charge in [-0.25, -0.2) is 4.98 Å². The molecule has 1 aromatic carbocycles. The molecule has 1 aromatic heterocycles. The largest absolute Gasteiger partial charge is 0.369 e. The van der Waals surface area contributed by atoms with Crippen molar-refractivity contribution in [3.63, 3.8) is 0 Å². The van der Waals surface area contributed by atoms with E-state index < -0.39 is 4.92 Å². The Morgan fingerprint density at radius 3 is 2.57 bits per heavy atom. The van der Waals surface area contributed by atoms with Gasteiger partial charge in [-0.2, -0.15) is 4.98 Å². The fourth-order valence-corrected chi connectivity index (χ4v) is 3.32. The van der Waals surface area contributed by atoms with Gasteiger partial charge in [0.2, 0.25) is 11.8 Å². The van der Waals surface area contributed by atoms with Crippen molar-refractivity contribution in [3.8, 4) is 0 Å². The quantitative estimate of drug-likeness (QED) is 0.529. The Morgan fingerprint density at radius 1 is 1.14 bits per heavy atom. The first-order valence-electron chi connectivity index (χ1n) is 9.73. The van der Waals surface area contributed by atoms with Crippen molar-refractivity contribution in [3.05, 3.63) is 46.6 Å². The van der Waals surface area contributed by atoms with E-state index in [-0.39, 0.29) is 5.69 Å². The zero-order chi connectivity index (χ0) is 19.3. The maximum atomic E-state index is 11.1. The molecular formula is C19H25N7O2. The molecule has 2 fully saturated rings. The number of rotatable bonds is 8. The van der Waals surface area contributed by atoms with Crippen LogP contribution in [0.25, 0.3) is 0 Å². The molecule has 0 radical (unpaired) electrons. The number of nitrogens with zero attached hydrogens (tertiary/aromatic N) is 5. The molecule has 2 aliphatic rings. The zero-order valence-electron chi connectivity index (χ0n) is 15.8. The Balaban J connectivity index is 1.26. The lowest BCUT2D eigenvalue weighted by Crippen LogP contribution is -2.47. The average Bonchev–Trinajstić information content (AvgIpc) is 3.53. The minimum absolute atomic E-state index is 0.0746. The molecule has 0 spiro atoms. The van der Waals surface area contributed by atoms with Gasteiger partial charge in [-0.1, -0.05) is 18.2 Å². The van der Waals surface area contributed by atoms with E-state index in [0.29, 0.717) is 24.4 Å². The molecule has 148 valence electrons. The molecule has 2 heterocycles. The summed E-state index contributed by atoms with van der Waals surface area (Å²) >= 11 is 0. The molecule has 2 N–H and O–H groups in total. The second kappa shape index (κ2) is 8.39. The molecule has 1 aliphatic carbocycles. The summed E-state index contributed by atoms with van der Waals surface area (Å²) in [4.78, 5) is 23.9. The summed E-state index contributed by atoms with van der Waals surface area (Å²) in [5.41, 5.74) is 1.20. The molecule has 0 bridgehead atoms. The van der Waals surface area contributed by atoms with Crippen molar-refractivity contribution in [2.45, 2.75) is 18.9 Å². The SMILES string of the molecule is O=[N+]([O-])c1cnc(NCCN2CCN(c3ccccc3)CC2)nc1NC1CC1. The first-order valence-corrected chi connectivity index (χ1v) is 9.73. The molecule has 0 unspecified atom stereocenters. The maximum Gasteiger partial charge on any atom is 0.329 e. The van der Waals surface area contributed by atoms with Crippen LogP contribution in [0.4, 0.5) is 23.1 Å². The monoisotopic (exact) mass is 383 g/mol. The van der Waals surface area contributed by atoms with E-state index in [9.17, 15) is 10.1 Å². The van der Waals surface area contributed by atoms with Crippen LogP contribution < -0.4 is 15.5 Å². The highest BCUT2D eigenvalue weighted by Gasteiger charge is 2.26. The second-order valence-corrected chi connectivity index (χ2v) is 7.19. The van der Waals surface area contributed by atoms with Gasteiger partial charge in [0, 0.05) is 51.0 Å². The third-order valence-corrected chi connectivity index (χ3v) is 5.09. The van der Waals surface area contributed by atoms with Crippen molar-refractivity contribution in [1.82, 2.24) is 14.9 Å². The topological polar surface area (TPSA) is 99.5 Å². The van der Waals surface area contributed by atoms with Crippen LogP contribution in [0.5, 0.6) is 0 Å². The van der Waals surface area contributed by atoms with Gasteiger partial charge in [-0.05, 0) is 25.0 Å². The number of benzene rings is 1. The number of anilines is 3. The molecule has 1 saturated carbocycles. The number of hydrogen-bond acceptors (Lipinski definition) is 8. The molecule has 1 saturated heterocycles. The Morgan fingerprint density at radius 2 is 1.89 bits per heavy atom. The molecule has 1 aliphatic heterocycles. The molecule has 9 nitrogen and oxygen atoms in total. The summed E-state index contributed by atoms with van der Waals surface area (Å²) in [6.07, 6.45) is 3.33. The standard InChI is InChI=1S/C19H25N7O2/c27-26(28)17-14-21-19(23-18(17)22-15-6-7-15)20-8-9-24-10-12-25(13-11-24)16-4-2-1-3-5-16/h1-5,14-15H,6-13H2,(H2,20,21,22,23). The third kappa shape index (κ3) is 4.66. The van der Waals surface area contributed by atoms with Gasteiger partial charge >= 0.3 is 5.69 Å². The highest BCUT2D eigenvalue weighted by Crippen LogP contribution is 2.29. The van der Waals surface area contributed by atoms with Gasteiger partial charge in [0.25, 0.3) is 0 Å². The molecule has 0 atom stereocenters. The van der Waals surface area contributed by atoms with Crippen LogP contribution >= 0.6 is 0 Å². The van der Waals surface area contributed by atoms with E-state index in [0.717, 1.165) is 45.6 Å². The van der Waals surface area contributed by atoms with Gasteiger partial charge < -0.3 is 15.5 Å². The minimum Gasteiger partial charge on any atom is -0.369 e. The van der Waals surface area contributed by atoms with E-state index in [1.165, 1.54) is 11.9 Å². The fraction of sp³-hybridized carbons (Fsp3) is 0.474. The van der Waals surface area contributed by atoms with Crippen molar-refractivity contribution in [2.24, 2.45) is 0 Å². The van der Waals surface area contributed by atoms with Crippen molar-refractivity contribution < 1.29 is 4.92 Å². The number of hydrogen-bond donors (Lipinski definition) is 2. The smallest absolute Gasteiger partial charge is 0.329 e. The first kappa shape index (κ1) is 18.4. The van der Waals surface area contributed by atoms with Crippen LogP contribution in [0.15, 0.2) is 36.5 Å². The molecule has 28 heavy (non-hydrogen) atoms. The first-order chi connectivity index (χ1) is 13.7. The lowest BCUT2D eigenvalue weighted by Gasteiger charge is -2.36. The summed E-state index contributed by atoms with van der Waals surface area (Å²) in [7, 11) is 0. The number of piperazine rings is 1. The van der Waals surface area contributed by atoms with Crippen LogP contribution in [0.1, 0.15) is 12.8 Å². The van der Waals surface area contributed by atoms with Crippen molar-refractivity contribution in [2.75, 3.05) is 54.8 Å². The van der Waals surface area contributed by atoms with Crippen LogP contribution in [-0.2, 0) is 0 Å². The Kier molecular flexibility index (Phi) is 5.52. The van der Waals surface area contributed by atoms with Crippen molar-refractivity contribution >= 4 is 23.1 Å². The summed E-state index contributed by atoms with van der Waals surface area (Å²) in [5.74, 6) is 0.734. The molecule has 0 amide bonds. The number of aromatic nitrogens is 2. The summed E-state index contributed by atoms with van der Waals surface area (Å²) in [6.45, 7) is 5.61. The number of para-hydroxylation sites is 1. The van der Waals surface area contributed by atoms with E-state index in [1.807, 2.05) is 6.07 Å². The minimum atomic E-state index is -0.444. The van der Waals surface area contributed by atoms with Gasteiger partial charge in [-0.3, -0.25) is 15.0 Å². The molecular weight excluding hydrogens is 358 g/mol. The Hall–Kier alpha value is -2.94. The maximum absolute atomic E-state index is 11.1. The third-order valence-electron chi connectivity index (χ3n) is 5.09. The predicted molar refractivity (Wildman–Crippen MR) is 109 cm³/mol. The highest BCUT2D eigenvalue weighted by atomic mass is 16.6. The summed E-state index contributed by atoms with van der Waals surface area (Å²) in [6, 6.07) is 10.8. The summed E-state index contributed by atoms with van der Waals surface area (Å²) < 4.78 is 0. The predicted octanol–water partition coefficient (Wildman–Crippen LogP) is 2.19. The van der Waals surface area contributed by atoms with Crippen LogP contribution in [0, 0.1) is 10.1 Å². The number of nitro groups is 1. The van der Waals surface area contributed by atoms with E-state index in [1.54, 1.807) is 0 Å². The molecule has 2 aromatic rings. The lowest BCUT2D eigenvalue weighted by molar-refractivity contribution is -0.384. The highest BCUT2D eigenvalue weighted by molar-refractivity contribution is 5.58. The average molecular weight is 383 g/mol. The normalized spacial score (nSPS) is 17.4. The lowest BCUT2D eigenvalue weighted by atomic mass is 10.2. The zero-order valence-corrected chi connectivity index (χ0v) is 15.8. The molecule has 4 rings (SSSR count).